The number of alkyl halides is 1. The SMILES string of the molecule is Oc1cc(-c2nnco2)ccc1-c1ccc(O[C@H]2C[C@@H]3CC[C@@H](N3)[C@H]2F)nn1. The average Bonchev–Trinajstić information content (AvgIpc) is 3.37. The number of hydrogen-bond donors (Lipinski definition) is 2. The van der Waals surface area contributed by atoms with Crippen molar-refractivity contribution in [1.82, 2.24) is 25.7 Å². The highest BCUT2D eigenvalue weighted by atomic mass is 19.1. The number of fused-ring (bicyclic) bond motifs is 2. The number of nitrogens with zero attached hydrogens (tertiary/aromatic N) is 4. The highest BCUT2D eigenvalue weighted by Gasteiger charge is 2.43. The molecule has 0 spiro atoms. The van der Waals surface area contributed by atoms with Gasteiger partial charge in [0.2, 0.25) is 18.2 Å². The molecular weight excluding hydrogens is 365 g/mol. The minimum absolute atomic E-state index is 0.0115. The third-order valence-electron chi connectivity index (χ3n) is 5.33. The second-order valence-electron chi connectivity index (χ2n) is 7.12. The number of ether oxygens (including phenoxy) is 1. The van der Waals surface area contributed by atoms with E-state index in [0.717, 1.165) is 12.8 Å². The lowest BCUT2D eigenvalue weighted by Crippen LogP contribution is -2.51. The Balaban J connectivity index is 1.32. The maximum absolute atomic E-state index is 14.5. The van der Waals surface area contributed by atoms with Gasteiger partial charge in [0.1, 0.15) is 11.9 Å². The maximum atomic E-state index is 14.5. The van der Waals surface area contributed by atoms with Crippen molar-refractivity contribution in [2.45, 2.75) is 43.6 Å². The molecule has 2 N–H and O–H groups in total. The molecule has 2 bridgehead atoms. The van der Waals surface area contributed by atoms with Gasteiger partial charge in [0.05, 0.1) is 5.69 Å². The molecule has 8 nitrogen and oxygen atoms in total. The summed E-state index contributed by atoms with van der Waals surface area (Å²) in [4.78, 5) is 0. The maximum Gasteiger partial charge on any atom is 0.247 e. The smallest absolute Gasteiger partial charge is 0.247 e. The summed E-state index contributed by atoms with van der Waals surface area (Å²) in [6.45, 7) is 0. The molecule has 0 unspecified atom stereocenters. The molecule has 0 radical (unpaired) electrons. The van der Waals surface area contributed by atoms with Gasteiger partial charge in [0, 0.05) is 35.7 Å². The molecule has 5 rings (SSSR count). The van der Waals surface area contributed by atoms with Gasteiger partial charge in [0.15, 0.2) is 6.17 Å². The van der Waals surface area contributed by atoms with Crippen molar-refractivity contribution in [2.24, 2.45) is 0 Å². The Hall–Kier alpha value is -3.07. The number of rotatable bonds is 4. The highest BCUT2D eigenvalue weighted by Crippen LogP contribution is 2.33. The van der Waals surface area contributed by atoms with Crippen molar-refractivity contribution in [3.8, 4) is 34.3 Å². The Morgan fingerprint density at radius 1 is 1.14 bits per heavy atom. The van der Waals surface area contributed by atoms with E-state index in [1.165, 1.54) is 12.5 Å². The number of hydrogen-bond acceptors (Lipinski definition) is 8. The van der Waals surface area contributed by atoms with Crippen LogP contribution in [0.4, 0.5) is 4.39 Å². The van der Waals surface area contributed by atoms with Crippen molar-refractivity contribution in [3.63, 3.8) is 0 Å². The number of aromatic hydroxyl groups is 1. The lowest BCUT2D eigenvalue weighted by molar-refractivity contribution is 0.0422. The van der Waals surface area contributed by atoms with E-state index in [0.29, 0.717) is 35.2 Å². The standard InChI is InChI=1S/C19H18FN5O3/c20-18-14-4-2-11(22-14)8-16(18)28-17-6-5-13(23-24-17)12-3-1-10(7-15(12)26)19-25-21-9-27-19/h1,3,5-7,9,11,14,16,18,22,26H,2,4,8H2/t11-,14+,16-,18+/m0/s1. The number of phenols is 1. The minimum atomic E-state index is -1.05. The fourth-order valence-corrected chi connectivity index (χ4v) is 3.93. The molecule has 3 aromatic rings. The molecule has 2 aliphatic rings. The first-order valence-electron chi connectivity index (χ1n) is 9.18. The summed E-state index contributed by atoms with van der Waals surface area (Å²) in [5.41, 5.74) is 1.58. The van der Waals surface area contributed by atoms with Gasteiger partial charge in [-0.05, 0) is 37.1 Å². The van der Waals surface area contributed by atoms with E-state index in [2.05, 4.69) is 25.7 Å². The first-order valence-corrected chi connectivity index (χ1v) is 9.18. The van der Waals surface area contributed by atoms with Crippen LogP contribution in [0, 0.1) is 0 Å². The zero-order chi connectivity index (χ0) is 19.1. The summed E-state index contributed by atoms with van der Waals surface area (Å²) in [5.74, 6) is 0.602. The van der Waals surface area contributed by atoms with E-state index in [1.54, 1.807) is 24.3 Å². The number of benzene rings is 1. The van der Waals surface area contributed by atoms with Gasteiger partial charge in [-0.1, -0.05) is 0 Å². The summed E-state index contributed by atoms with van der Waals surface area (Å²) >= 11 is 0. The lowest BCUT2D eigenvalue weighted by atomic mass is 10.0. The molecule has 0 aliphatic carbocycles. The fraction of sp³-hybridized carbons (Fsp3) is 0.368. The predicted molar refractivity (Wildman–Crippen MR) is 96.3 cm³/mol. The summed E-state index contributed by atoms with van der Waals surface area (Å²) < 4.78 is 25.4. The number of aromatic nitrogens is 4. The molecule has 2 aromatic heterocycles. The van der Waals surface area contributed by atoms with Crippen LogP contribution in [0.1, 0.15) is 19.3 Å². The Bertz CT molecular complexity index is 966. The number of piperidine rings is 1. The third kappa shape index (κ3) is 3.07. The summed E-state index contributed by atoms with van der Waals surface area (Å²) in [6, 6.07) is 8.47. The summed E-state index contributed by atoms with van der Waals surface area (Å²) in [6.07, 6.45) is 2.10. The topological polar surface area (TPSA) is 106 Å². The van der Waals surface area contributed by atoms with Gasteiger partial charge in [-0.15, -0.1) is 20.4 Å². The molecule has 0 amide bonds. The largest absolute Gasteiger partial charge is 0.507 e. The van der Waals surface area contributed by atoms with E-state index in [1.807, 2.05) is 0 Å². The van der Waals surface area contributed by atoms with Crippen LogP contribution >= 0.6 is 0 Å². The predicted octanol–water partition coefficient (Wildman–Crippen LogP) is 2.51. The van der Waals surface area contributed by atoms with Crippen LogP contribution in [-0.4, -0.2) is 49.9 Å². The Labute approximate surface area is 159 Å². The van der Waals surface area contributed by atoms with E-state index in [4.69, 9.17) is 9.15 Å². The first-order chi connectivity index (χ1) is 13.7. The molecule has 2 fully saturated rings. The van der Waals surface area contributed by atoms with Crippen molar-refractivity contribution < 1.29 is 18.7 Å². The monoisotopic (exact) mass is 383 g/mol. The molecule has 1 aromatic carbocycles. The molecule has 2 aliphatic heterocycles. The highest BCUT2D eigenvalue weighted by molar-refractivity contribution is 5.71. The summed E-state index contributed by atoms with van der Waals surface area (Å²) in [7, 11) is 0. The zero-order valence-corrected chi connectivity index (χ0v) is 14.8. The van der Waals surface area contributed by atoms with Gasteiger partial charge < -0.3 is 19.6 Å². The minimum Gasteiger partial charge on any atom is -0.507 e. The van der Waals surface area contributed by atoms with Gasteiger partial charge in [-0.25, -0.2) is 4.39 Å². The number of halogens is 1. The number of phenolic OH excluding ortho intramolecular Hbond substituents is 1. The van der Waals surface area contributed by atoms with Crippen LogP contribution in [0.5, 0.6) is 11.6 Å². The van der Waals surface area contributed by atoms with Gasteiger partial charge in [-0.3, -0.25) is 0 Å². The van der Waals surface area contributed by atoms with E-state index >= 15 is 0 Å². The Morgan fingerprint density at radius 3 is 2.82 bits per heavy atom. The molecule has 28 heavy (non-hydrogen) atoms. The molecule has 9 heteroatoms. The van der Waals surface area contributed by atoms with Gasteiger partial charge in [0.25, 0.3) is 0 Å². The lowest BCUT2D eigenvalue weighted by Gasteiger charge is -2.32. The molecule has 4 atom stereocenters. The van der Waals surface area contributed by atoms with Gasteiger partial charge >= 0.3 is 0 Å². The second-order valence-corrected chi connectivity index (χ2v) is 7.12. The van der Waals surface area contributed by atoms with Crippen LogP contribution < -0.4 is 10.1 Å². The molecule has 0 saturated carbocycles. The molecule has 4 heterocycles. The Kier molecular flexibility index (Phi) is 4.16. The van der Waals surface area contributed by atoms with E-state index in [-0.39, 0.29) is 17.7 Å². The molecule has 2 saturated heterocycles. The van der Waals surface area contributed by atoms with Crippen LogP contribution in [0.15, 0.2) is 41.1 Å². The van der Waals surface area contributed by atoms with Crippen molar-refractivity contribution >= 4 is 0 Å². The zero-order valence-electron chi connectivity index (χ0n) is 14.8. The van der Waals surface area contributed by atoms with E-state index in [9.17, 15) is 9.50 Å². The fourth-order valence-electron chi connectivity index (χ4n) is 3.93. The molecule has 144 valence electrons. The third-order valence-corrected chi connectivity index (χ3v) is 5.33. The second kappa shape index (κ2) is 6.83. The normalized spacial score (nSPS) is 26.3. The van der Waals surface area contributed by atoms with Crippen molar-refractivity contribution in [3.05, 3.63) is 36.7 Å². The van der Waals surface area contributed by atoms with Crippen LogP contribution in [0.3, 0.4) is 0 Å². The van der Waals surface area contributed by atoms with Crippen LogP contribution in [0.2, 0.25) is 0 Å². The summed E-state index contributed by atoms with van der Waals surface area (Å²) in [5, 5.41) is 29.2. The van der Waals surface area contributed by atoms with Crippen molar-refractivity contribution in [1.29, 1.82) is 0 Å². The van der Waals surface area contributed by atoms with Crippen LogP contribution in [-0.2, 0) is 0 Å². The number of nitrogens with one attached hydrogen (secondary N) is 1. The molecular formula is C19H18FN5O3. The van der Waals surface area contributed by atoms with Crippen LogP contribution in [0.25, 0.3) is 22.7 Å². The first kappa shape index (κ1) is 17.1. The average molecular weight is 383 g/mol. The Morgan fingerprint density at radius 2 is 2.07 bits per heavy atom. The quantitative estimate of drug-likeness (QED) is 0.708. The van der Waals surface area contributed by atoms with E-state index < -0.39 is 12.3 Å². The van der Waals surface area contributed by atoms with Gasteiger partial charge in [-0.2, -0.15) is 0 Å². The van der Waals surface area contributed by atoms with Crippen molar-refractivity contribution in [2.75, 3.05) is 0 Å².